The molecule has 0 radical (unpaired) electrons. The predicted octanol–water partition coefficient (Wildman–Crippen LogP) is 3.84. The quantitative estimate of drug-likeness (QED) is 0.843. The van der Waals surface area contributed by atoms with Crippen molar-refractivity contribution in [1.82, 2.24) is 0 Å². The van der Waals surface area contributed by atoms with E-state index < -0.39 is 0 Å². The third kappa shape index (κ3) is 2.32. The second kappa shape index (κ2) is 5.05. The van der Waals surface area contributed by atoms with E-state index in [1.54, 1.807) is 6.26 Å². The van der Waals surface area contributed by atoms with Crippen molar-refractivity contribution >= 4 is 0 Å². The van der Waals surface area contributed by atoms with Crippen LogP contribution < -0.4 is 0 Å². The number of aliphatic hydroxyl groups is 1. The number of hydrogen-bond donors (Lipinski definition) is 1. The van der Waals surface area contributed by atoms with Gasteiger partial charge in [0.05, 0.1) is 12.4 Å². The molecule has 1 atom stereocenters. The van der Waals surface area contributed by atoms with Gasteiger partial charge in [0.25, 0.3) is 0 Å². The molecule has 1 fully saturated rings. The minimum absolute atomic E-state index is 0.323. The fourth-order valence-corrected chi connectivity index (χ4v) is 2.87. The number of hydrogen-bond acceptors (Lipinski definition) is 2. The van der Waals surface area contributed by atoms with Crippen molar-refractivity contribution in [3.05, 3.63) is 23.7 Å². The molecule has 1 saturated carbocycles. The number of aryl methyl sites for hydroxylation is 1. The molecule has 0 spiro atoms. The van der Waals surface area contributed by atoms with E-state index in [-0.39, 0.29) is 6.10 Å². The normalized spacial score (nSPS) is 27.9. The zero-order valence-corrected chi connectivity index (χ0v) is 10.3. The monoisotopic (exact) mass is 222 g/mol. The van der Waals surface area contributed by atoms with Crippen molar-refractivity contribution in [3.8, 4) is 0 Å². The van der Waals surface area contributed by atoms with Crippen LogP contribution in [0.25, 0.3) is 0 Å². The lowest BCUT2D eigenvalue weighted by Gasteiger charge is -2.30. The Morgan fingerprint density at radius 3 is 2.56 bits per heavy atom. The largest absolute Gasteiger partial charge is 0.469 e. The van der Waals surface area contributed by atoms with Crippen LogP contribution in [0.5, 0.6) is 0 Å². The minimum Gasteiger partial charge on any atom is -0.469 e. The highest BCUT2D eigenvalue weighted by molar-refractivity contribution is 5.19. The van der Waals surface area contributed by atoms with Gasteiger partial charge in [0, 0.05) is 5.56 Å². The lowest BCUT2D eigenvalue weighted by molar-refractivity contribution is 0.0718. The van der Waals surface area contributed by atoms with Gasteiger partial charge in [-0.3, -0.25) is 0 Å². The van der Waals surface area contributed by atoms with Crippen LogP contribution in [0.15, 0.2) is 16.7 Å². The van der Waals surface area contributed by atoms with Gasteiger partial charge < -0.3 is 9.52 Å². The third-order valence-corrected chi connectivity index (χ3v) is 4.13. The van der Waals surface area contributed by atoms with Gasteiger partial charge in [-0.1, -0.05) is 26.2 Å². The fraction of sp³-hybridized carbons (Fsp3) is 0.714. The molecule has 1 aromatic heterocycles. The van der Waals surface area contributed by atoms with Crippen LogP contribution >= 0.6 is 0 Å². The highest BCUT2D eigenvalue weighted by atomic mass is 16.3. The van der Waals surface area contributed by atoms with E-state index in [0.717, 1.165) is 30.1 Å². The van der Waals surface area contributed by atoms with Gasteiger partial charge in [0.15, 0.2) is 0 Å². The smallest absolute Gasteiger partial charge is 0.106 e. The topological polar surface area (TPSA) is 33.4 Å². The molecule has 0 aromatic carbocycles. The maximum atomic E-state index is 10.3. The Kier molecular flexibility index (Phi) is 3.70. The maximum absolute atomic E-state index is 10.3. The molecule has 0 saturated heterocycles. The zero-order chi connectivity index (χ0) is 11.5. The summed E-state index contributed by atoms with van der Waals surface area (Å²) in [5.41, 5.74) is 0.986. The van der Waals surface area contributed by atoms with Crippen molar-refractivity contribution in [3.63, 3.8) is 0 Å². The van der Waals surface area contributed by atoms with Gasteiger partial charge in [-0.2, -0.15) is 0 Å². The summed E-state index contributed by atoms with van der Waals surface area (Å²) in [6.07, 6.45) is 7.49. The van der Waals surface area contributed by atoms with Gasteiger partial charge in [-0.25, -0.2) is 0 Å². The Bertz CT molecular complexity index is 321. The molecule has 1 N–H and O–H groups in total. The highest BCUT2D eigenvalue weighted by Crippen LogP contribution is 2.38. The second-order valence-electron chi connectivity index (χ2n) is 5.07. The predicted molar refractivity (Wildman–Crippen MR) is 64.1 cm³/mol. The van der Waals surface area contributed by atoms with Crippen LogP contribution in [0.2, 0.25) is 0 Å². The molecule has 1 aromatic rings. The first-order chi connectivity index (χ1) is 7.72. The lowest BCUT2D eigenvalue weighted by Crippen LogP contribution is -2.20. The Balaban J connectivity index is 1.97. The molecule has 1 heterocycles. The molecule has 1 aliphatic rings. The average molecular weight is 222 g/mol. The van der Waals surface area contributed by atoms with Crippen LogP contribution in [0, 0.1) is 18.8 Å². The van der Waals surface area contributed by atoms with Crippen molar-refractivity contribution < 1.29 is 9.52 Å². The van der Waals surface area contributed by atoms with Gasteiger partial charge in [0.1, 0.15) is 5.76 Å². The zero-order valence-electron chi connectivity index (χ0n) is 10.3. The van der Waals surface area contributed by atoms with Gasteiger partial charge in [-0.05, 0) is 37.7 Å². The van der Waals surface area contributed by atoms with Crippen LogP contribution in [-0.2, 0) is 0 Å². The van der Waals surface area contributed by atoms with Gasteiger partial charge in [0.2, 0.25) is 0 Å². The molecule has 0 aliphatic heterocycles. The van der Waals surface area contributed by atoms with Crippen LogP contribution in [0.1, 0.15) is 56.5 Å². The van der Waals surface area contributed by atoms with E-state index >= 15 is 0 Å². The SMILES string of the molecule is CCC1CCC(C(O)c2ccoc2C)CC1. The molecule has 0 amide bonds. The van der Waals surface area contributed by atoms with E-state index in [0.29, 0.717) is 5.92 Å². The number of furan rings is 1. The van der Waals surface area contributed by atoms with Crippen LogP contribution in [-0.4, -0.2) is 5.11 Å². The maximum Gasteiger partial charge on any atom is 0.106 e. The van der Waals surface area contributed by atoms with Gasteiger partial charge >= 0.3 is 0 Å². The highest BCUT2D eigenvalue weighted by Gasteiger charge is 2.28. The standard InChI is InChI=1S/C14H22O2/c1-3-11-4-6-12(7-5-11)14(15)13-8-9-16-10(13)2/h8-9,11-12,14-15H,3-7H2,1-2H3. The van der Waals surface area contributed by atoms with Crippen molar-refractivity contribution in [2.24, 2.45) is 11.8 Å². The van der Waals surface area contributed by atoms with Crippen LogP contribution in [0.4, 0.5) is 0 Å². The lowest BCUT2D eigenvalue weighted by atomic mass is 9.77. The summed E-state index contributed by atoms with van der Waals surface area (Å²) in [5, 5.41) is 10.3. The Hall–Kier alpha value is -0.760. The summed E-state index contributed by atoms with van der Waals surface area (Å²) < 4.78 is 5.26. The Morgan fingerprint density at radius 2 is 2.06 bits per heavy atom. The molecule has 1 aliphatic carbocycles. The fourth-order valence-electron chi connectivity index (χ4n) is 2.87. The molecule has 90 valence electrons. The van der Waals surface area contributed by atoms with Crippen molar-refractivity contribution in [2.75, 3.05) is 0 Å². The van der Waals surface area contributed by atoms with Gasteiger partial charge in [-0.15, -0.1) is 0 Å². The molecule has 0 bridgehead atoms. The molecule has 16 heavy (non-hydrogen) atoms. The first-order valence-electron chi connectivity index (χ1n) is 6.44. The molecule has 2 heteroatoms. The Labute approximate surface area is 97.7 Å². The molecule has 1 unspecified atom stereocenters. The Morgan fingerprint density at radius 1 is 1.38 bits per heavy atom. The first-order valence-corrected chi connectivity index (χ1v) is 6.44. The van der Waals surface area contributed by atoms with E-state index in [1.165, 1.54) is 19.3 Å². The first kappa shape index (κ1) is 11.7. The molecular weight excluding hydrogens is 200 g/mol. The third-order valence-electron chi connectivity index (χ3n) is 4.13. The average Bonchev–Trinajstić information content (AvgIpc) is 2.75. The van der Waals surface area contributed by atoms with Crippen molar-refractivity contribution in [1.29, 1.82) is 0 Å². The summed E-state index contributed by atoms with van der Waals surface area (Å²) >= 11 is 0. The molecule has 2 nitrogen and oxygen atoms in total. The van der Waals surface area contributed by atoms with E-state index in [1.807, 2.05) is 13.0 Å². The summed E-state index contributed by atoms with van der Waals surface area (Å²) in [5.74, 6) is 2.18. The van der Waals surface area contributed by atoms with Crippen LogP contribution in [0.3, 0.4) is 0 Å². The minimum atomic E-state index is -0.323. The summed E-state index contributed by atoms with van der Waals surface area (Å²) in [6, 6.07) is 1.91. The summed E-state index contributed by atoms with van der Waals surface area (Å²) in [6.45, 7) is 4.19. The van der Waals surface area contributed by atoms with Crippen molar-refractivity contribution in [2.45, 2.75) is 52.1 Å². The number of aliphatic hydroxyl groups excluding tert-OH is 1. The summed E-state index contributed by atoms with van der Waals surface area (Å²) in [4.78, 5) is 0. The van der Waals surface area contributed by atoms with E-state index in [2.05, 4.69) is 6.92 Å². The molecule has 2 rings (SSSR count). The van der Waals surface area contributed by atoms with E-state index in [4.69, 9.17) is 4.42 Å². The van der Waals surface area contributed by atoms with E-state index in [9.17, 15) is 5.11 Å². The molecular formula is C14H22O2. The number of rotatable bonds is 3. The second-order valence-corrected chi connectivity index (χ2v) is 5.07. The summed E-state index contributed by atoms with van der Waals surface area (Å²) in [7, 11) is 0.